The van der Waals surface area contributed by atoms with E-state index in [0.29, 0.717) is 24.5 Å². The third-order valence-corrected chi connectivity index (χ3v) is 5.63. The van der Waals surface area contributed by atoms with Gasteiger partial charge in [0.25, 0.3) is 0 Å². The lowest BCUT2D eigenvalue weighted by Crippen LogP contribution is -2.34. The van der Waals surface area contributed by atoms with Crippen LogP contribution in [-0.2, 0) is 0 Å². The minimum absolute atomic E-state index is 0.00618. The fourth-order valence-corrected chi connectivity index (χ4v) is 4.26. The normalized spacial score (nSPS) is 22.9. The molecule has 0 amide bonds. The summed E-state index contributed by atoms with van der Waals surface area (Å²) in [4.78, 5) is 20.2. The van der Waals surface area contributed by atoms with Crippen LogP contribution in [-0.4, -0.2) is 52.7 Å². The second kappa shape index (κ2) is 7.83. The molecule has 7 nitrogen and oxygen atoms in total. The monoisotopic (exact) mass is 396 g/mol. The average Bonchev–Trinajstić information content (AvgIpc) is 2.73. The molecule has 0 bridgehead atoms. The molecular formula is C22H24N2O5. The Morgan fingerprint density at radius 1 is 1.24 bits per heavy atom. The van der Waals surface area contributed by atoms with Gasteiger partial charge in [0.15, 0.2) is 11.5 Å². The quantitative estimate of drug-likeness (QED) is 0.806. The average molecular weight is 396 g/mol. The van der Waals surface area contributed by atoms with Crippen molar-refractivity contribution in [3.05, 3.63) is 52.8 Å². The highest BCUT2D eigenvalue weighted by Crippen LogP contribution is 2.44. The Balaban J connectivity index is 1.85. The van der Waals surface area contributed by atoms with E-state index in [1.165, 1.54) is 6.07 Å². The van der Waals surface area contributed by atoms with Crippen LogP contribution in [0, 0.1) is 0 Å². The third-order valence-electron chi connectivity index (χ3n) is 5.63. The molecule has 1 fully saturated rings. The Labute approximate surface area is 169 Å². The molecule has 1 aliphatic heterocycles. The van der Waals surface area contributed by atoms with Gasteiger partial charge in [-0.25, -0.2) is 9.78 Å². The second-order valence-corrected chi connectivity index (χ2v) is 7.38. The van der Waals surface area contributed by atoms with Gasteiger partial charge in [-0.2, -0.15) is 0 Å². The van der Waals surface area contributed by atoms with E-state index < -0.39 is 5.97 Å². The number of fused-ring (bicyclic) bond motifs is 3. The van der Waals surface area contributed by atoms with E-state index in [2.05, 4.69) is 4.98 Å². The number of hydrogen-bond donors (Lipinski definition) is 2. The number of hydrogen-bond acceptors (Lipinski definition) is 6. The van der Waals surface area contributed by atoms with Gasteiger partial charge in [0.1, 0.15) is 5.69 Å². The molecule has 0 radical (unpaired) electrons. The van der Waals surface area contributed by atoms with Crippen LogP contribution in [0.25, 0.3) is 0 Å². The molecule has 1 saturated carbocycles. The lowest BCUT2D eigenvalue weighted by Gasteiger charge is -2.37. The third kappa shape index (κ3) is 3.58. The topological polar surface area (TPSA) is 101 Å². The number of pyridine rings is 1. The predicted molar refractivity (Wildman–Crippen MR) is 107 cm³/mol. The maximum absolute atomic E-state index is 11.1. The van der Waals surface area contributed by atoms with Crippen LogP contribution in [0.4, 0.5) is 0 Å². The summed E-state index contributed by atoms with van der Waals surface area (Å²) >= 11 is 0. The van der Waals surface area contributed by atoms with Crippen LogP contribution in [0.5, 0.6) is 11.5 Å². The number of carboxylic acids is 1. The molecule has 1 aromatic heterocycles. The highest BCUT2D eigenvalue weighted by atomic mass is 16.5. The summed E-state index contributed by atoms with van der Waals surface area (Å²) in [5, 5.41) is 19.4. The number of aromatic nitrogens is 1. The van der Waals surface area contributed by atoms with Crippen LogP contribution >= 0.6 is 0 Å². The van der Waals surface area contributed by atoms with Gasteiger partial charge in [0.05, 0.1) is 31.6 Å². The second-order valence-electron chi connectivity index (χ2n) is 7.38. The SMILES string of the molecule is CCOc1cc2c(cc1OC)C(c1ccc(C(=O)O)nc1)=NC1CCC(O)CC21. The van der Waals surface area contributed by atoms with Crippen LogP contribution < -0.4 is 9.47 Å². The Morgan fingerprint density at radius 2 is 2.07 bits per heavy atom. The van der Waals surface area contributed by atoms with Crippen molar-refractivity contribution in [3.8, 4) is 11.5 Å². The Kier molecular flexibility index (Phi) is 5.24. The maximum Gasteiger partial charge on any atom is 0.354 e. The largest absolute Gasteiger partial charge is 0.493 e. The molecule has 2 aliphatic rings. The van der Waals surface area contributed by atoms with E-state index in [1.54, 1.807) is 19.4 Å². The molecule has 3 atom stereocenters. The zero-order valence-corrected chi connectivity index (χ0v) is 16.5. The molecule has 3 unspecified atom stereocenters. The number of aliphatic hydroxyl groups excluding tert-OH is 1. The van der Waals surface area contributed by atoms with E-state index in [1.807, 2.05) is 19.1 Å². The molecule has 1 aromatic carbocycles. The number of ether oxygens (including phenoxy) is 2. The lowest BCUT2D eigenvalue weighted by molar-refractivity contribution is 0.0690. The molecule has 1 aliphatic carbocycles. The van der Waals surface area contributed by atoms with Gasteiger partial charge in [-0.1, -0.05) is 0 Å². The Morgan fingerprint density at radius 3 is 2.72 bits per heavy atom. The minimum atomic E-state index is -1.06. The van der Waals surface area contributed by atoms with Crippen LogP contribution in [0.3, 0.4) is 0 Å². The zero-order valence-electron chi connectivity index (χ0n) is 16.5. The van der Waals surface area contributed by atoms with Gasteiger partial charge in [0.2, 0.25) is 0 Å². The lowest BCUT2D eigenvalue weighted by atomic mass is 9.74. The zero-order chi connectivity index (χ0) is 20.5. The van der Waals surface area contributed by atoms with E-state index in [9.17, 15) is 9.90 Å². The van der Waals surface area contributed by atoms with Crippen molar-refractivity contribution in [1.29, 1.82) is 0 Å². The summed E-state index contributed by atoms with van der Waals surface area (Å²) in [6, 6.07) is 7.20. The molecule has 29 heavy (non-hydrogen) atoms. The highest BCUT2D eigenvalue weighted by Gasteiger charge is 2.37. The molecule has 2 aromatic rings. The Hall–Kier alpha value is -2.93. The molecule has 152 valence electrons. The van der Waals surface area contributed by atoms with Crippen LogP contribution in [0.2, 0.25) is 0 Å². The van der Waals surface area contributed by atoms with Crippen molar-refractivity contribution >= 4 is 11.7 Å². The molecule has 0 spiro atoms. The first-order valence-corrected chi connectivity index (χ1v) is 9.82. The number of benzene rings is 1. The summed E-state index contributed by atoms with van der Waals surface area (Å²) in [6.45, 7) is 2.45. The summed E-state index contributed by atoms with van der Waals surface area (Å²) in [7, 11) is 1.60. The minimum Gasteiger partial charge on any atom is -0.493 e. The number of aromatic carboxylic acids is 1. The van der Waals surface area contributed by atoms with E-state index in [0.717, 1.165) is 35.2 Å². The number of methoxy groups -OCH3 is 1. The first-order chi connectivity index (χ1) is 14.0. The summed E-state index contributed by atoms with van der Waals surface area (Å²) in [6.07, 6.45) is 3.38. The maximum atomic E-state index is 11.1. The number of carboxylic acid groups (broad SMARTS) is 1. The summed E-state index contributed by atoms with van der Waals surface area (Å²) < 4.78 is 11.3. The molecule has 4 rings (SSSR count). The molecular weight excluding hydrogens is 372 g/mol. The number of carbonyl (C=O) groups is 1. The fourth-order valence-electron chi connectivity index (χ4n) is 4.26. The van der Waals surface area contributed by atoms with E-state index >= 15 is 0 Å². The predicted octanol–water partition coefficient (Wildman–Crippen LogP) is 3.04. The number of nitrogens with zero attached hydrogens (tertiary/aromatic N) is 2. The van der Waals surface area contributed by atoms with Gasteiger partial charge in [-0.05, 0) is 56.0 Å². The Bertz CT molecular complexity index is 954. The van der Waals surface area contributed by atoms with Gasteiger partial charge in [-0.15, -0.1) is 0 Å². The van der Waals surface area contributed by atoms with Gasteiger partial charge >= 0.3 is 5.97 Å². The number of rotatable bonds is 5. The summed E-state index contributed by atoms with van der Waals surface area (Å²) in [5.41, 5.74) is 3.50. The van der Waals surface area contributed by atoms with Crippen LogP contribution in [0.1, 0.15) is 59.3 Å². The first kappa shape index (κ1) is 19.4. The van der Waals surface area contributed by atoms with E-state index in [4.69, 9.17) is 19.6 Å². The molecule has 0 saturated heterocycles. The summed E-state index contributed by atoms with van der Waals surface area (Å²) in [5.74, 6) is 0.331. The molecule has 2 heterocycles. The van der Waals surface area contributed by atoms with Crippen molar-refractivity contribution < 1.29 is 24.5 Å². The van der Waals surface area contributed by atoms with Crippen molar-refractivity contribution in [2.75, 3.05) is 13.7 Å². The standard InChI is InChI=1S/C22H24N2O5/c1-3-29-20-9-14-15-8-13(25)5-7-17(15)24-21(16(14)10-19(20)28-2)12-4-6-18(22(26)27)23-11-12/h4,6,9-11,13,15,17,25H,3,5,7-8H2,1-2H3,(H,26,27). The van der Waals surface area contributed by atoms with Gasteiger partial charge < -0.3 is 19.7 Å². The van der Waals surface area contributed by atoms with Gasteiger partial charge in [0, 0.05) is 23.2 Å². The number of aliphatic imine (C=N–C) groups is 1. The van der Waals surface area contributed by atoms with E-state index in [-0.39, 0.29) is 23.8 Å². The van der Waals surface area contributed by atoms with Crippen molar-refractivity contribution in [2.24, 2.45) is 4.99 Å². The van der Waals surface area contributed by atoms with Crippen LogP contribution in [0.15, 0.2) is 35.5 Å². The number of aliphatic hydroxyl groups is 1. The van der Waals surface area contributed by atoms with Crippen molar-refractivity contribution in [2.45, 2.75) is 44.2 Å². The molecule has 7 heteroatoms. The first-order valence-electron chi connectivity index (χ1n) is 9.82. The van der Waals surface area contributed by atoms with Crippen molar-refractivity contribution in [1.82, 2.24) is 4.98 Å². The van der Waals surface area contributed by atoms with Crippen molar-refractivity contribution in [3.63, 3.8) is 0 Å². The smallest absolute Gasteiger partial charge is 0.354 e. The highest BCUT2D eigenvalue weighted by molar-refractivity contribution is 6.15. The molecule has 2 N–H and O–H groups in total. The van der Waals surface area contributed by atoms with Gasteiger partial charge in [-0.3, -0.25) is 4.99 Å². The fraction of sp³-hybridized carbons (Fsp3) is 0.409.